The fraction of sp³-hybridized carbons (Fsp3) is 0.333. The van der Waals surface area contributed by atoms with E-state index in [0.29, 0.717) is 46.6 Å². The van der Waals surface area contributed by atoms with Crippen LogP contribution in [0.1, 0.15) is 33.6 Å². The Morgan fingerprint density at radius 3 is 2.42 bits per heavy atom. The number of carbonyl (C=O) groups excluding carboxylic acids is 2. The van der Waals surface area contributed by atoms with Crippen molar-refractivity contribution in [3.05, 3.63) is 80.0 Å². The molecule has 1 heterocycles. The number of benzene rings is 2. The quantitative estimate of drug-likeness (QED) is 0.298. The van der Waals surface area contributed by atoms with Crippen molar-refractivity contribution in [1.82, 2.24) is 9.80 Å². The zero-order valence-corrected chi connectivity index (χ0v) is 22.5. The maximum absolute atomic E-state index is 13.6. The van der Waals surface area contributed by atoms with Crippen LogP contribution in [0.4, 0.5) is 0 Å². The highest BCUT2D eigenvalue weighted by molar-refractivity contribution is 7.09. The predicted molar refractivity (Wildman–Crippen MR) is 144 cm³/mol. The minimum Gasteiger partial charge on any atom is -0.493 e. The van der Waals surface area contributed by atoms with Crippen LogP contribution in [0.15, 0.2) is 53.9 Å². The summed E-state index contributed by atoms with van der Waals surface area (Å²) in [6.45, 7) is 1.01. The summed E-state index contributed by atoms with van der Waals surface area (Å²) in [4.78, 5) is 31.4. The van der Waals surface area contributed by atoms with E-state index in [1.54, 1.807) is 48.7 Å². The molecule has 2 amide bonds. The minimum absolute atomic E-state index is 0.0149. The Hall–Kier alpha value is -2.74. The van der Waals surface area contributed by atoms with Gasteiger partial charge in [-0.25, -0.2) is 0 Å². The fourth-order valence-electron chi connectivity index (χ4n) is 3.98. The summed E-state index contributed by atoms with van der Waals surface area (Å²) in [5, 5.41) is 2.70. The zero-order valence-electron chi connectivity index (χ0n) is 20.2. The second kappa shape index (κ2) is 12.0. The molecule has 1 saturated carbocycles. The van der Waals surface area contributed by atoms with Crippen LogP contribution in [0.25, 0.3) is 0 Å². The Balaban J connectivity index is 1.50. The van der Waals surface area contributed by atoms with Gasteiger partial charge in [-0.15, -0.1) is 11.3 Å². The average Bonchev–Trinajstić information content (AvgIpc) is 3.60. The van der Waals surface area contributed by atoms with Crippen LogP contribution in [0.2, 0.25) is 10.0 Å². The van der Waals surface area contributed by atoms with Gasteiger partial charge in [0.05, 0.1) is 30.8 Å². The SMILES string of the molecule is COc1ccc(CCN(Cc2cccs2)C(=O)CN(C(=O)c2ccc(Cl)c(Cl)c2)C2CC2)cc1OC. The summed E-state index contributed by atoms with van der Waals surface area (Å²) in [7, 11) is 3.20. The number of hydrogen-bond donors (Lipinski definition) is 0. The Morgan fingerprint density at radius 2 is 1.78 bits per heavy atom. The van der Waals surface area contributed by atoms with E-state index in [1.165, 1.54) is 0 Å². The monoisotopic (exact) mass is 546 g/mol. The molecule has 190 valence electrons. The number of methoxy groups -OCH3 is 2. The molecule has 6 nitrogen and oxygen atoms in total. The molecule has 0 saturated heterocycles. The molecular formula is C27H28Cl2N2O4S. The first-order valence-corrected chi connectivity index (χ1v) is 13.3. The Bertz CT molecular complexity index is 1210. The second-order valence-corrected chi connectivity index (χ2v) is 10.5. The van der Waals surface area contributed by atoms with Gasteiger partial charge in [0.2, 0.25) is 5.91 Å². The summed E-state index contributed by atoms with van der Waals surface area (Å²) in [6, 6.07) is 14.6. The molecule has 0 radical (unpaired) electrons. The van der Waals surface area contributed by atoms with Crippen LogP contribution in [0.3, 0.4) is 0 Å². The average molecular weight is 548 g/mol. The van der Waals surface area contributed by atoms with Crippen LogP contribution in [-0.2, 0) is 17.8 Å². The van der Waals surface area contributed by atoms with Gasteiger partial charge in [-0.05, 0) is 66.6 Å². The molecule has 0 unspecified atom stereocenters. The number of rotatable bonds is 11. The predicted octanol–water partition coefficient (Wildman–Crippen LogP) is 5.95. The number of ether oxygens (including phenoxy) is 2. The van der Waals surface area contributed by atoms with Crippen molar-refractivity contribution in [2.45, 2.75) is 31.8 Å². The first-order valence-electron chi connectivity index (χ1n) is 11.7. The van der Waals surface area contributed by atoms with E-state index in [0.717, 1.165) is 23.3 Å². The van der Waals surface area contributed by atoms with Gasteiger partial charge >= 0.3 is 0 Å². The lowest BCUT2D eigenvalue weighted by atomic mass is 10.1. The van der Waals surface area contributed by atoms with E-state index in [9.17, 15) is 9.59 Å². The van der Waals surface area contributed by atoms with Gasteiger partial charge in [0.25, 0.3) is 5.91 Å². The van der Waals surface area contributed by atoms with Gasteiger partial charge < -0.3 is 19.3 Å². The standard InChI is InChI=1S/C27H28Cl2N2O4S/c1-34-24-10-5-18(14-25(24)35-2)11-12-30(16-21-4-3-13-36-21)26(32)17-31(20-7-8-20)27(33)19-6-9-22(28)23(29)15-19/h3-6,9-10,13-15,20H,7-8,11-12,16-17H2,1-2H3. The molecule has 1 aliphatic carbocycles. The molecular weight excluding hydrogens is 519 g/mol. The van der Waals surface area contributed by atoms with Gasteiger partial charge in [0, 0.05) is 23.0 Å². The lowest BCUT2D eigenvalue weighted by Gasteiger charge is -2.28. The number of amides is 2. The minimum atomic E-state index is -0.208. The van der Waals surface area contributed by atoms with Crippen LogP contribution < -0.4 is 9.47 Å². The molecule has 1 aliphatic rings. The van der Waals surface area contributed by atoms with E-state index in [4.69, 9.17) is 32.7 Å². The molecule has 0 bridgehead atoms. The van der Waals surface area contributed by atoms with Crippen molar-refractivity contribution in [3.63, 3.8) is 0 Å². The Labute approximate surface area is 225 Å². The summed E-state index contributed by atoms with van der Waals surface area (Å²) < 4.78 is 10.7. The summed E-state index contributed by atoms with van der Waals surface area (Å²) >= 11 is 13.8. The molecule has 0 spiro atoms. The highest BCUT2D eigenvalue weighted by Crippen LogP contribution is 2.31. The van der Waals surface area contributed by atoms with Crippen molar-refractivity contribution < 1.29 is 19.1 Å². The van der Waals surface area contributed by atoms with Gasteiger partial charge in [-0.2, -0.15) is 0 Å². The van der Waals surface area contributed by atoms with Crippen molar-refractivity contribution in [2.75, 3.05) is 27.3 Å². The maximum atomic E-state index is 13.6. The third kappa shape index (κ3) is 6.52. The zero-order chi connectivity index (χ0) is 25.7. The van der Waals surface area contributed by atoms with E-state index in [1.807, 2.05) is 40.6 Å². The molecule has 36 heavy (non-hydrogen) atoms. The number of halogens is 2. The molecule has 3 aromatic rings. The first-order chi connectivity index (χ1) is 17.4. The van der Waals surface area contributed by atoms with E-state index >= 15 is 0 Å². The number of carbonyl (C=O) groups is 2. The van der Waals surface area contributed by atoms with Crippen molar-refractivity contribution in [3.8, 4) is 11.5 Å². The Kier molecular flexibility index (Phi) is 8.77. The fourth-order valence-corrected chi connectivity index (χ4v) is 4.99. The second-order valence-electron chi connectivity index (χ2n) is 8.63. The van der Waals surface area contributed by atoms with Crippen molar-refractivity contribution >= 4 is 46.4 Å². The van der Waals surface area contributed by atoms with Gasteiger partial charge in [0.1, 0.15) is 6.54 Å². The van der Waals surface area contributed by atoms with Crippen LogP contribution in [0, 0.1) is 0 Å². The van der Waals surface area contributed by atoms with Crippen molar-refractivity contribution in [2.24, 2.45) is 0 Å². The van der Waals surface area contributed by atoms with E-state index < -0.39 is 0 Å². The molecule has 9 heteroatoms. The van der Waals surface area contributed by atoms with E-state index in [2.05, 4.69) is 0 Å². The van der Waals surface area contributed by atoms with Crippen molar-refractivity contribution in [1.29, 1.82) is 0 Å². The summed E-state index contributed by atoms with van der Waals surface area (Å²) in [5.41, 5.74) is 1.46. The number of thiophene rings is 1. The highest BCUT2D eigenvalue weighted by atomic mass is 35.5. The molecule has 1 aromatic heterocycles. The van der Waals surface area contributed by atoms with Gasteiger partial charge in [-0.1, -0.05) is 35.3 Å². The highest BCUT2D eigenvalue weighted by Gasteiger charge is 2.35. The largest absolute Gasteiger partial charge is 0.493 e. The Morgan fingerprint density at radius 1 is 1.00 bits per heavy atom. The maximum Gasteiger partial charge on any atom is 0.254 e. The molecule has 4 rings (SSSR count). The van der Waals surface area contributed by atoms with Crippen LogP contribution in [0.5, 0.6) is 11.5 Å². The molecule has 0 atom stereocenters. The smallest absolute Gasteiger partial charge is 0.254 e. The molecule has 1 fully saturated rings. The third-order valence-electron chi connectivity index (χ3n) is 6.12. The third-order valence-corrected chi connectivity index (χ3v) is 7.72. The topological polar surface area (TPSA) is 59.1 Å². The normalized spacial score (nSPS) is 12.8. The number of hydrogen-bond acceptors (Lipinski definition) is 5. The number of nitrogens with zero attached hydrogens (tertiary/aromatic N) is 2. The van der Waals surface area contributed by atoms with Crippen LogP contribution >= 0.6 is 34.5 Å². The lowest BCUT2D eigenvalue weighted by Crippen LogP contribution is -2.44. The van der Waals surface area contributed by atoms with Crippen LogP contribution in [-0.4, -0.2) is 55.0 Å². The molecule has 0 N–H and O–H groups in total. The first kappa shape index (κ1) is 26.3. The van der Waals surface area contributed by atoms with Gasteiger partial charge in [-0.3, -0.25) is 9.59 Å². The lowest BCUT2D eigenvalue weighted by molar-refractivity contribution is -0.132. The molecule has 2 aromatic carbocycles. The van der Waals surface area contributed by atoms with E-state index in [-0.39, 0.29) is 24.4 Å². The summed E-state index contributed by atoms with van der Waals surface area (Å²) in [5.74, 6) is 1.01. The molecule has 0 aliphatic heterocycles. The van der Waals surface area contributed by atoms with Gasteiger partial charge in [0.15, 0.2) is 11.5 Å². The summed E-state index contributed by atoms with van der Waals surface area (Å²) in [6.07, 6.45) is 2.41.